The Morgan fingerprint density at radius 3 is 2.62 bits per heavy atom. The van der Waals surface area contributed by atoms with E-state index >= 15 is 0 Å². The van der Waals surface area contributed by atoms with Crippen molar-refractivity contribution in [1.82, 2.24) is 30.0 Å². The maximum atomic E-state index is 12.6. The Bertz CT molecular complexity index is 1220. The van der Waals surface area contributed by atoms with Crippen LogP contribution in [0.25, 0.3) is 5.82 Å². The molecule has 0 fully saturated rings. The van der Waals surface area contributed by atoms with E-state index in [1.54, 1.807) is 6.92 Å². The van der Waals surface area contributed by atoms with Gasteiger partial charge in [0.2, 0.25) is 0 Å². The van der Waals surface area contributed by atoms with Crippen LogP contribution < -0.4 is 5.32 Å². The smallest absolute Gasteiger partial charge is 0.251 e. The van der Waals surface area contributed by atoms with Crippen molar-refractivity contribution in [2.45, 2.75) is 17.9 Å². The number of benzene rings is 1. The second-order valence-electron chi connectivity index (χ2n) is 6.04. The van der Waals surface area contributed by atoms with Gasteiger partial charge in [0.1, 0.15) is 12.4 Å². The van der Waals surface area contributed by atoms with Crippen molar-refractivity contribution < 1.29 is 13.2 Å². The zero-order valence-electron chi connectivity index (χ0n) is 15.2. The highest BCUT2D eigenvalue weighted by molar-refractivity contribution is 7.90. The molecule has 1 atom stereocenters. The number of nitrogens with one attached hydrogen (secondary N) is 1. The summed E-state index contributed by atoms with van der Waals surface area (Å²) >= 11 is 5.96. The van der Waals surface area contributed by atoms with Crippen molar-refractivity contribution in [3.8, 4) is 11.9 Å². The summed E-state index contributed by atoms with van der Waals surface area (Å²) in [6.07, 6.45) is 4.98. The Labute approximate surface area is 171 Å². The number of nitriles is 1. The van der Waals surface area contributed by atoms with Gasteiger partial charge in [0, 0.05) is 16.8 Å². The van der Waals surface area contributed by atoms with Crippen molar-refractivity contribution >= 4 is 27.3 Å². The summed E-state index contributed by atoms with van der Waals surface area (Å²) < 4.78 is 24.9. The maximum Gasteiger partial charge on any atom is 0.251 e. The molecule has 0 bridgehead atoms. The van der Waals surface area contributed by atoms with Crippen LogP contribution >= 0.6 is 11.6 Å². The Hall–Kier alpha value is -3.36. The van der Waals surface area contributed by atoms with Crippen molar-refractivity contribution in [3.05, 3.63) is 59.0 Å². The lowest BCUT2D eigenvalue weighted by atomic mass is 10.2. The minimum absolute atomic E-state index is 0.0566. The molecule has 2 aromatic heterocycles. The van der Waals surface area contributed by atoms with Gasteiger partial charge in [-0.2, -0.15) is 15.0 Å². The molecule has 29 heavy (non-hydrogen) atoms. The topological polar surface area (TPSA) is 144 Å². The maximum absolute atomic E-state index is 12.6. The summed E-state index contributed by atoms with van der Waals surface area (Å²) in [5, 5.41) is 15.7. The number of amides is 1. The number of aromatic nitrogens is 5. The SMILES string of the molecule is C[C@H](NC(=O)c1cc(Cl)cc(S(C)(=O)=O)c1)c1ncnn1-c1cnc(C#N)cn1. The van der Waals surface area contributed by atoms with Crippen LogP contribution in [-0.4, -0.2) is 45.3 Å². The summed E-state index contributed by atoms with van der Waals surface area (Å²) in [6.45, 7) is 1.68. The molecule has 1 N–H and O–H groups in total. The van der Waals surface area contributed by atoms with Gasteiger partial charge in [0.05, 0.1) is 23.3 Å². The number of sulfone groups is 1. The number of carbonyl (C=O) groups is 1. The fraction of sp³-hybridized carbons (Fsp3) is 0.176. The Kier molecular flexibility index (Phi) is 5.58. The first-order valence-corrected chi connectivity index (χ1v) is 10.4. The second kappa shape index (κ2) is 7.94. The fourth-order valence-corrected chi connectivity index (χ4v) is 3.44. The summed E-state index contributed by atoms with van der Waals surface area (Å²) in [7, 11) is -3.53. The molecule has 0 unspecified atom stereocenters. The minimum Gasteiger partial charge on any atom is -0.342 e. The van der Waals surface area contributed by atoms with Gasteiger partial charge in [-0.05, 0) is 25.1 Å². The molecule has 3 rings (SSSR count). The van der Waals surface area contributed by atoms with Gasteiger partial charge in [-0.1, -0.05) is 11.6 Å². The summed E-state index contributed by atoms with van der Waals surface area (Å²) in [4.78, 5) is 24.7. The van der Waals surface area contributed by atoms with E-state index in [-0.39, 0.29) is 21.2 Å². The van der Waals surface area contributed by atoms with Crippen LogP contribution in [0.4, 0.5) is 0 Å². The molecule has 12 heteroatoms. The zero-order valence-corrected chi connectivity index (χ0v) is 16.8. The molecular formula is C17H14ClN7O3S. The first-order valence-electron chi connectivity index (χ1n) is 8.13. The molecule has 3 aromatic rings. The Morgan fingerprint density at radius 1 is 1.24 bits per heavy atom. The van der Waals surface area contributed by atoms with Crippen molar-refractivity contribution in [2.75, 3.05) is 6.26 Å². The van der Waals surface area contributed by atoms with Crippen LogP contribution in [0.5, 0.6) is 0 Å². The van der Waals surface area contributed by atoms with E-state index in [1.807, 2.05) is 6.07 Å². The van der Waals surface area contributed by atoms with Crippen LogP contribution in [0, 0.1) is 11.3 Å². The molecule has 0 aliphatic rings. The normalized spacial score (nSPS) is 12.2. The largest absolute Gasteiger partial charge is 0.342 e. The number of hydrogen-bond donors (Lipinski definition) is 1. The third-order valence-corrected chi connectivity index (χ3v) is 5.15. The molecule has 2 heterocycles. The second-order valence-corrected chi connectivity index (χ2v) is 8.50. The van der Waals surface area contributed by atoms with E-state index in [4.69, 9.17) is 16.9 Å². The molecule has 0 saturated carbocycles. The number of nitrogens with zero attached hydrogens (tertiary/aromatic N) is 6. The van der Waals surface area contributed by atoms with E-state index in [9.17, 15) is 13.2 Å². The van der Waals surface area contributed by atoms with Gasteiger partial charge in [-0.15, -0.1) is 0 Å². The molecule has 148 valence electrons. The highest BCUT2D eigenvalue weighted by Crippen LogP contribution is 2.20. The lowest BCUT2D eigenvalue weighted by Gasteiger charge is -2.14. The average molecular weight is 432 g/mol. The van der Waals surface area contributed by atoms with Crippen molar-refractivity contribution in [3.63, 3.8) is 0 Å². The third-order valence-electron chi connectivity index (χ3n) is 3.84. The molecule has 1 aromatic carbocycles. The summed E-state index contributed by atoms with van der Waals surface area (Å²) in [5.74, 6) is 0.146. The molecule has 0 radical (unpaired) electrons. The molecule has 1 amide bonds. The fourth-order valence-electron chi connectivity index (χ4n) is 2.46. The van der Waals surface area contributed by atoms with Gasteiger partial charge in [0.25, 0.3) is 5.91 Å². The lowest BCUT2D eigenvalue weighted by molar-refractivity contribution is 0.0937. The summed E-state index contributed by atoms with van der Waals surface area (Å²) in [5.41, 5.74) is 0.244. The van der Waals surface area contributed by atoms with Crippen LogP contribution in [0.2, 0.25) is 5.02 Å². The van der Waals surface area contributed by atoms with Crippen molar-refractivity contribution in [2.24, 2.45) is 0 Å². The predicted molar refractivity (Wildman–Crippen MR) is 102 cm³/mol. The zero-order chi connectivity index (χ0) is 21.2. The lowest BCUT2D eigenvalue weighted by Crippen LogP contribution is -2.29. The first-order chi connectivity index (χ1) is 13.7. The number of halogens is 1. The molecule has 0 saturated heterocycles. The summed E-state index contributed by atoms with van der Waals surface area (Å²) in [6, 6.07) is 5.16. The van der Waals surface area contributed by atoms with E-state index in [2.05, 4.69) is 25.4 Å². The van der Waals surface area contributed by atoms with Crippen LogP contribution in [0.1, 0.15) is 34.8 Å². The quantitative estimate of drug-likeness (QED) is 0.639. The molecular weight excluding hydrogens is 418 g/mol. The number of rotatable bonds is 5. The van der Waals surface area contributed by atoms with E-state index in [1.165, 1.54) is 41.6 Å². The standard InChI is InChI=1S/C17H14ClN7O3S/c1-10(16-22-9-23-25(16)15-8-20-13(6-19)7-21-15)24-17(26)11-3-12(18)5-14(4-11)29(2,27)28/h3-5,7-10H,1-2H3,(H,24,26)/t10-/m0/s1. The monoisotopic (exact) mass is 431 g/mol. The van der Waals surface area contributed by atoms with E-state index < -0.39 is 21.8 Å². The van der Waals surface area contributed by atoms with Gasteiger partial charge in [0.15, 0.2) is 27.2 Å². The minimum atomic E-state index is -3.53. The van der Waals surface area contributed by atoms with Crippen LogP contribution in [0.3, 0.4) is 0 Å². The number of carbonyl (C=O) groups excluding carboxylic acids is 1. The third kappa shape index (κ3) is 4.56. The van der Waals surface area contributed by atoms with Gasteiger partial charge < -0.3 is 5.32 Å². The van der Waals surface area contributed by atoms with Gasteiger partial charge >= 0.3 is 0 Å². The molecule has 10 nitrogen and oxygen atoms in total. The number of hydrogen-bond acceptors (Lipinski definition) is 8. The van der Waals surface area contributed by atoms with E-state index in [0.29, 0.717) is 11.6 Å². The van der Waals surface area contributed by atoms with Crippen molar-refractivity contribution in [1.29, 1.82) is 5.26 Å². The molecule has 0 spiro atoms. The molecule has 0 aliphatic heterocycles. The predicted octanol–water partition coefficient (Wildman–Crippen LogP) is 1.48. The van der Waals surface area contributed by atoms with Crippen LogP contribution in [0.15, 0.2) is 41.8 Å². The van der Waals surface area contributed by atoms with Gasteiger partial charge in [-0.3, -0.25) is 4.79 Å². The molecule has 0 aliphatic carbocycles. The van der Waals surface area contributed by atoms with Crippen LogP contribution in [-0.2, 0) is 9.84 Å². The van der Waals surface area contributed by atoms with E-state index in [0.717, 1.165) is 6.26 Å². The first kappa shape index (κ1) is 20.4. The highest BCUT2D eigenvalue weighted by Gasteiger charge is 2.20. The Balaban J connectivity index is 1.86. The van der Waals surface area contributed by atoms with Gasteiger partial charge in [-0.25, -0.2) is 23.4 Å². The highest BCUT2D eigenvalue weighted by atomic mass is 35.5. The average Bonchev–Trinajstić information content (AvgIpc) is 3.17. The Morgan fingerprint density at radius 2 is 2.00 bits per heavy atom.